The van der Waals surface area contributed by atoms with Crippen LogP contribution in [0, 0.1) is 5.92 Å². The summed E-state index contributed by atoms with van der Waals surface area (Å²) >= 11 is 0. The van der Waals surface area contributed by atoms with E-state index >= 15 is 0 Å². The molecule has 1 aromatic rings. The Hall–Kier alpha value is -1.06. The highest BCUT2D eigenvalue weighted by atomic mass is 16.5. The van der Waals surface area contributed by atoms with Crippen molar-refractivity contribution in [3.8, 4) is 5.75 Å². The molecule has 0 aromatic heterocycles. The van der Waals surface area contributed by atoms with Gasteiger partial charge in [-0.25, -0.2) is 0 Å². The van der Waals surface area contributed by atoms with Crippen LogP contribution >= 0.6 is 0 Å². The van der Waals surface area contributed by atoms with Crippen molar-refractivity contribution in [1.29, 1.82) is 0 Å². The number of rotatable bonds is 3. The summed E-state index contributed by atoms with van der Waals surface area (Å²) in [5.74, 6) is 1.41. The first kappa shape index (κ1) is 14.9. The fourth-order valence-electron chi connectivity index (χ4n) is 3.58. The minimum atomic E-state index is 0.114. The Bertz CT molecular complexity index is 466. The van der Waals surface area contributed by atoms with Crippen LogP contribution in [0.5, 0.6) is 5.75 Å². The highest BCUT2D eigenvalue weighted by molar-refractivity contribution is 5.41. The average Bonchev–Trinajstić information content (AvgIpc) is 2.78. The maximum atomic E-state index is 6.56. The third-order valence-corrected chi connectivity index (χ3v) is 4.99. The number of aryl methyl sites for hydroxylation is 1. The second kappa shape index (κ2) is 6.80. The Morgan fingerprint density at radius 3 is 2.67 bits per heavy atom. The van der Waals surface area contributed by atoms with E-state index in [-0.39, 0.29) is 6.04 Å². The summed E-state index contributed by atoms with van der Waals surface area (Å²) in [5, 5.41) is 0. The summed E-state index contributed by atoms with van der Waals surface area (Å²) in [6, 6.07) is 6.61. The zero-order valence-corrected chi connectivity index (χ0v) is 13.2. The molecule has 0 radical (unpaired) electrons. The summed E-state index contributed by atoms with van der Waals surface area (Å²) in [4.78, 5) is 2.59. The SMILES string of the molecule is CCc1ccc2c(c1)C(N)C(CN1CCCCCC1)CO2. The van der Waals surface area contributed by atoms with Crippen LogP contribution in [0.3, 0.4) is 0 Å². The van der Waals surface area contributed by atoms with Gasteiger partial charge in [-0.15, -0.1) is 0 Å². The Kier molecular flexibility index (Phi) is 4.81. The van der Waals surface area contributed by atoms with E-state index in [0.717, 1.165) is 25.3 Å². The van der Waals surface area contributed by atoms with Crippen molar-refractivity contribution in [2.45, 2.75) is 45.1 Å². The Morgan fingerprint density at radius 1 is 1.19 bits per heavy atom. The molecule has 0 bridgehead atoms. The fraction of sp³-hybridized carbons (Fsp3) is 0.667. The molecule has 3 heteroatoms. The van der Waals surface area contributed by atoms with Gasteiger partial charge in [0.05, 0.1) is 6.61 Å². The lowest BCUT2D eigenvalue weighted by Gasteiger charge is -2.35. The van der Waals surface area contributed by atoms with E-state index in [1.165, 1.54) is 49.9 Å². The quantitative estimate of drug-likeness (QED) is 0.928. The van der Waals surface area contributed by atoms with Crippen molar-refractivity contribution in [3.63, 3.8) is 0 Å². The molecule has 2 aliphatic rings. The number of likely N-dealkylation sites (tertiary alicyclic amines) is 1. The highest BCUT2D eigenvalue weighted by Gasteiger charge is 2.29. The molecule has 21 heavy (non-hydrogen) atoms. The van der Waals surface area contributed by atoms with Crippen LogP contribution in [0.15, 0.2) is 18.2 Å². The van der Waals surface area contributed by atoms with E-state index in [2.05, 4.69) is 30.0 Å². The van der Waals surface area contributed by atoms with Crippen LogP contribution in [0.4, 0.5) is 0 Å². The van der Waals surface area contributed by atoms with Gasteiger partial charge in [0.15, 0.2) is 0 Å². The van der Waals surface area contributed by atoms with Crippen LogP contribution in [-0.4, -0.2) is 31.1 Å². The van der Waals surface area contributed by atoms with Gasteiger partial charge in [0, 0.05) is 24.1 Å². The van der Waals surface area contributed by atoms with Gasteiger partial charge >= 0.3 is 0 Å². The smallest absolute Gasteiger partial charge is 0.124 e. The van der Waals surface area contributed by atoms with E-state index in [9.17, 15) is 0 Å². The predicted molar refractivity (Wildman–Crippen MR) is 86.6 cm³/mol. The topological polar surface area (TPSA) is 38.5 Å². The van der Waals surface area contributed by atoms with Gasteiger partial charge in [-0.05, 0) is 44.0 Å². The maximum Gasteiger partial charge on any atom is 0.124 e. The summed E-state index contributed by atoms with van der Waals surface area (Å²) in [6.07, 6.45) is 6.48. The lowest BCUT2D eigenvalue weighted by atomic mass is 9.89. The molecule has 0 amide bonds. The van der Waals surface area contributed by atoms with E-state index in [4.69, 9.17) is 10.5 Å². The van der Waals surface area contributed by atoms with E-state index < -0.39 is 0 Å². The minimum absolute atomic E-state index is 0.114. The van der Waals surface area contributed by atoms with Crippen molar-refractivity contribution < 1.29 is 4.74 Å². The van der Waals surface area contributed by atoms with Crippen molar-refractivity contribution in [3.05, 3.63) is 29.3 Å². The predicted octanol–water partition coefficient (Wildman–Crippen LogP) is 3.13. The van der Waals surface area contributed by atoms with Crippen LogP contribution < -0.4 is 10.5 Å². The molecule has 1 saturated heterocycles. The molecule has 3 nitrogen and oxygen atoms in total. The van der Waals surface area contributed by atoms with Gasteiger partial charge in [0.1, 0.15) is 5.75 Å². The molecule has 0 aliphatic carbocycles. The molecule has 2 aliphatic heterocycles. The van der Waals surface area contributed by atoms with Crippen LogP contribution in [0.25, 0.3) is 0 Å². The lowest BCUT2D eigenvalue weighted by molar-refractivity contribution is 0.140. The molecule has 116 valence electrons. The molecule has 0 saturated carbocycles. The Labute approximate surface area is 128 Å². The van der Waals surface area contributed by atoms with Crippen LogP contribution in [0.1, 0.15) is 49.8 Å². The van der Waals surface area contributed by atoms with Crippen LogP contribution in [0.2, 0.25) is 0 Å². The third kappa shape index (κ3) is 3.41. The van der Waals surface area contributed by atoms with Crippen molar-refractivity contribution in [2.75, 3.05) is 26.2 Å². The molecular formula is C18H28N2O. The Balaban J connectivity index is 1.70. The van der Waals surface area contributed by atoms with Gasteiger partial charge in [-0.1, -0.05) is 31.9 Å². The molecule has 0 spiro atoms. The van der Waals surface area contributed by atoms with E-state index in [1.807, 2.05) is 0 Å². The third-order valence-electron chi connectivity index (χ3n) is 4.99. The molecule has 2 heterocycles. The largest absolute Gasteiger partial charge is 0.493 e. The maximum absolute atomic E-state index is 6.56. The number of hydrogen-bond donors (Lipinski definition) is 1. The molecule has 1 aromatic carbocycles. The zero-order valence-electron chi connectivity index (χ0n) is 13.2. The summed E-state index contributed by atoms with van der Waals surface area (Å²) in [5.41, 5.74) is 9.12. The highest BCUT2D eigenvalue weighted by Crippen LogP contribution is 2.35. The second-order valence-corrected chi connectivity index (χ2v) is 6.54. The number of hydrogen-bond acceptors (Lipinski definition) is 3. The van der Waals surface area contributed by atoms with Crippen molar-refractivity contribution in [1.82, 2.24) is 4.90 Å². The molecule has 2 N–H and O–H groups in total. The second-order valence-electron chi connectivity index (χ2n) is 6.54. The van der Waals surface area contributed by atoms with E-state index in [1.54, 1.807) is 0 Å². The number of benzene rings is 1. The summed E-state index contributed by atoms with van der Waals surface area (Å²) < 4.78 is 5.97. The molecule has 1 fully saturated rings. The monoisotopic (exact) mass is 288 g/mol. The standard InChI is InChI=1S/C18H28N2O/c1-2-14-7-8-17-16(11-14)18(19)15(13-21-17)12-20-9-5-3-4-6-10-20/h7-8,11,15,18H,2-6,9-10,12-13,19H2,1H3. The average molecular weight is 288 g/mol. The molecule has 3 rings (SSSR count). The van der Waals surface area contributed by atoms with Crippen LogP contribution in [-0.2, 0) is 6.42 Å². The molecule has 2 atom stereocenters. The summed E-state index contributed by atoms with van der Waals surface area (Å²) in [6.45, 7) is 6.48. The molecule has 2 unspecified atom stereocenters. The lowest BCUT2D eigenvalue weighted by Crippen LogP contribution is -2.40. The zero-order chi connectivity index (χ0) is 14.7. The first-order valence-corrected chi connectivity index (χ1v) is 8.51. The van der Waals surface area contributed by atoms with E-state index in [0.29, 0.717) is 5.92 Å². The van der Waals surface area contributed by atoms with Gasteiger partial charge in [0.25, 0.3) is 0 Å². The first-order valence-electron chi connectivity index (χ1n) is 8.51. The number of ether oxygens (including phenoxy) is 1. The summed E-state index contributed by atoms with van der Waals surface area (Å²) in [7, 11) is 0. The fourth-order valence-corrected chi connectivity index (χ4v) is 3.58. The van der Waals surface area contributed by atoms with Crippen molar-refractivity contribution in [2.24, 2.45) is 11.7 Å². The van der Waals surface area contributed by atoms with Gasteiger partial charge in [-0.3, -0.25) is 0 Å². The van der Waals surface area contributed by atoms with Gasteiger partial charge in [-0.2, -0.15) is 0 Å². The number of nitrogens with two attached hydrogens (primary N) is 1. The molecular weight excluding hydrogens is 260 g/mol. The minimum Gasteiger partial charge on any atom is -0.493 e. The van der Waals surface area contributed by atoms with Gasteiger partial charge < -0.3 is 15.4 Å². The number of fused-ring (bicyclic) bond motifs is 1. The van der Waals surface area contributed by atoms with Crippen molar-refractivity contribution >= 4 is 0 Å². The van der Waals surface area contributed by atoms with Gasteiger partial charge in [0.2, 0.25) is 0 Å². The number of nitrogens with zero attached hydrogens (tertiary/aromatic N) is 1. The normalized spacial score (nSPS) is 26.8. The first-order chi connectivity index (χ1) is 10.3. The Morgan fingerprint density at radius 2 is 1.95 bits per heavy atom.